The number of hydrogen-bond donors (Lipinski definition) is 0. The SMILES string of the molecule is COC(=O)[C@@H]1CC(OC(=O)c2ccccc2C)C(=O)[C@H]2[C@@]1(C)CC[C@H]1C(=O)O[C@H](c3ccoc3)C[C@]21C. The first-order chi connectivity index (χ1) is 17.6. The third-order valence-electron chi connectivity index (χ3n) is 9.12. The Morgan fingerprint density at radius 1 is 1.08 bits per heavy atom. The number of carbonyl (C=O) groups is 4. The topological polar surface area (TPSA) is 109 Å². The molecule has 7 atom stereocenters. The van der Waals surface area contributed by atoms with Crippen LogP contribution in [-0.2, 0) is 28.6 Å². The maximum atomic E-state index is 14.2. The second-order valence-corrected chi connectivity index (χ2v) is 11.1. The summed E-state index contributed by atoms with van der Waals surface area (Å²) in [6.07, 6.45) is 2.76. The van der Waals surface area contributed by atoms with Crippen molar-refractivity contribution in [2.45, 2.75) is 58.7 Å². The molecular formula is C29H32O8. The highest BCUT2D eigenvalue weighted by molar-refractivity contribution is 5.96. The number of rotatable bonds is 4. The molecule has 3 aliphatic rings. The van der Waals surface area contributed by atoms with Gasteiger partial charge in [-0.1, -0.05) is 32.0 Å². The Morgan fingerprint density at radius 2 is 1.84 bits per heavy atom. The molecule has 5 rings (SSSR count). The van der Waals surface area contributed by atoms with E-state index in [9.17, 15) is 19.2 Å². The molecule has 1 aliphatic heterocycles. The minimum Gasteiger partial charge on any atom is -0.472 e. The fourth-order valence-corrected chi connectivity index (χ4v) is 7.26. The highest BCUT2D eigenvalue weighted by atomic mass is 16.6. The van der Waals surface area contributed by atoms with Crippen molar-refractivity contribution in [1.82, 2.24) is 0 Å². The van der Waals surface area contributed by atoms with Crippen molar-refractivity contribution in [2.24, 2.45) is 28.6 Å². The first-order valence-electron chi connectivity index (χ1n) is 12.7. The van der Waals surface area contributed by atoms with E-state index < -0.39 is 52.7 Å². The number of furan rings is 1. The van der Waals surface area contributed by atoms with Crippen LogP contribution in [0.25, 0.3) is 0 Å². The largest absolute Gasteiger partial charge is 0.472 e. The number of carbonyl (C=O) groups excluding carboxylic acids is 4. The Morgan fingerprint density at radius 3 is 2.51 bits per heavy atom. The number of cyclic esters (lactones) is 1. The van der Waals surface area contributed by atoms with Gasteiger partial charge in [0.1, 0.15) is 6.10 Å². The lowest BCUT2D eigenvalue weighted by Gasteiger charge is -2.61. The Hall–Kier alpha value is -3.42. The normalized spacial score (nSPS) is 35.1. The molecule has 0 N–H and O–H groups in total. The van der Waals surface area contributed by atoms with Crippen LogP contribution in [0.4, 0.5) is 0 Å². The number of Topliss-reactive ketones (excluding diaryl/α,β-unsaturated/α-hetero) is 1. The molecule has 1 aromatic heterocycles. The van der Waals surface area contributed by atoms with E-state index in [0.29, 0.717) is 24.8 Å². The average Bonchev–Trinajstić information content (AvgIpc) is 3.40. The summed E-state index contributed by atoms with van der Waals surface area (Å²) in [6.45, 7) is 5.67. The molecule has 1 saturated heterocycles. The van der Waals surface area contributed by atoms with Crippen molar-refractivity contribution < 1.29 is 37.8 Å². The van der Waals surface area contributed by atoms with Crippen LogP contribution in [0.5, 0.6) is 0 Å². The van der Waals surface area contributed by atoms with Crippen molar-refractivity contribution in [3.05, 3.63) is 59.5 Å². The van der Waals surface area contributed by atoms with Crippen molar-refractivity contribution in [2.75, 3.05) is 7.11 Å². The zero-order valence-corrected chi connectivity index (χ0v) is 21.5. The standard InChI is InChI=1S/C29H32O8/c1-16-7-5-6-8-18(16)25(31)36-21-13-20(26(32)34-4)28(2)11-9-19-27(33)37-22(17-10-12-35-15-17)14-29(19,3)24(28)23(21)30/h5-8,10,12,15,19-22,24H,9,11,13-14H2,1-4H3/t19-,20-,21?,22-,24-,28-,29-/m0/s1. The van der Waals surface area contributed by atoms with Gasteiger partial charge in [-0.15, -0.1) is 0 Å². The van der Waals surface area contributed by atoms with E-state index in [2.05, 4.69) is 0 Å². The summed E-state index contributed by atoms with van der Waals surface area (Å²) in [6, 6.07) is 8.74. The summed E-state index contributed by atoms with van der Waals surface area (Å²) in [5, 5.41) is 0. The number of benzene rings is 1. The van der Waals surface area contributed by atoms with Gasteiger partial charge >= 0.3 is 17.9 Å². The van der Waals surface area contributed by atoms with Gasteiger partial charge in [0.2, 0.25) is 0 Å². The van der Waals surface area contributed by atoms with Crippen molar-refractivity contribution in [3.8, 4) is 0 Å². The number of esters is 3. The van der Waals surface area contributed by atoms with Gasteiger partial charge in [0.25, 0.3) is 0 Å². The molecule has 37 heavy (non-hydrogen) atoms. The molecule has 0 radical (unpaired) electrons. The summed E-state index contributed by atoms with van der Waals surface area (Å²) in [5.74, 6) is -3.56. The summed E-state index contributed by atoms with van der Waals surface area (Å²) in [7, 11) is 1.33. The van der Waals surface area contributed by atoms with E-state index in [1.54, 1.807) is 31.2 Å². The highest BCUT2D eigenvalue weighted by Gasteiger charge is 2.67. The Labute approximate surface area is 215 Å². The number of fused-ring (bicyclic) bond motifs is 3. The molecule has 0 spiro atoms. The second kappa shape index (κ2) is 9.15. The van der Waals surface area contributed by atoms with Gasteiger partial charge in [-0.3, -0.25) is 14.4 Å². The minimum absolute atomic E-state index is 0.0481. The van der Waals surface area contributed by atoms with Crippen molar-refractivity contribution in [3.63, 3.8) is 0 Å². The number of ketones is 1. The average molecular weight is 509 g/mol. The number of hydrogen-bond acceptors (Lipinski definition) is 8. The lowest BCUT2D eigenvalue weighted by Crippen LogP contribution is -2.64. The predicted molar refractivity (Wildman–Crippen MR) is 130 cm³/mol. The fourth-order valence-electron chi connectivity index (χ4n) is 7.26. The lowest BCUT2D eigenvalue weighted by atomic mass is 9.43. The monoisotopic (exact) mass is 508 g/mol. The molecule has 8 heteroatoms. The van der Waals surface area contributed by atoms with Crippen LogP contribution < -0.4 is 0 Å². The molecule has 8 nitrogen and oxygen atoms in total. The molecule has 1 aromatic carbocycles. The van der Waals surface area contributed by atoms with Gasteiger partial charge < -0.3 is 18.6 Å². The van der Waals surface area contributed by atoms with E-state index in [1.165, 1.54) is 19.6 Å². The van der Waals surface area contributed by atoms with Crippen molar-refractivity contribution in [1.29, 1.82) is 0 Å². The van der Waals surface area contributed by atoms with Gasteiger partial charge in [0.15, 0.2) is 11.9 Å². The lowest BCUT2D eigenvalue weighted by molar-refractivity contribution is -0.208. The Kier molecular flexibility index (Phi) is 6.24. The van der Waals surface area contributed by atoms with Gasteiger partial charge in [0, 0.05) is 17.9 Å². The molecule has 196 valence electrons. The summed E-state index contributed by atoms with van der Waals surface area (Å²) < 4.78 is 22.0. The van der Waals surface area contributed by atoms with Gasteiger partial charge in [-0.25, -0.2) is 4.79 Å². The summed E-state index contributed by atoms with van der Waals surface area (Å²) in [5.41, 5.74) is 0.233. The van der Waals surface area contributed by atoms with Crippen LogP contribution in [0.1, 0.15) is 67.1 Å². The molecule has 0 amide bonds. The van der Waals surface area contributed by atoms with E-state index in [0.717, 1.165) is 11.1 Å². The quantitative estimate of drug-likeness (QED) is 0.435. The summed E-state index contributed by atoms with van der Waals surface area (Å²) >= 11 is 0. The van der Waals surface area contributed by atoms with Crippen LogP contribution >= 0.6 is 0 Å². The molecule has 2 aromatic rings. The van der Waals surface area contributed by atoms with Crippen LogP contribution in [0.2, 0.25) is 0 Å². The van der Waals surface area contributed by atoms with Crippen LogP contribution in [0.15, 0.2) is 47.3 Å². The smallest absolute Gasteiger partial charge is 0.339 e. The maximum absolute atomic E-state index is 14.2. The zero-order chi connectivity index (χ0) is 26.5. The molecule has 2 aliphatic carbocycles. The second-order valence-electron chi connectivity index (χ2n) is 11.1. The van der Waals surface area contributed by atoms with E-state index in [-0.39, 0.29) is 18.2 Å². The number of methoxy groups -OCH3 is 1. The molecular weight excluding hydrogens is 476 g/mol. The summed E-state index contributed by atoms with van der Waals surface area (Å²) in [4.78, 5) is 53.7. The first-order valence-corrected chi connectivity index (χ1v) is 12.7. The Balaban J connectivity index is 1.54. The molecule has 1 unspecified atom stereocenters. The molecule has 2 heterocycles. The predicted octanol–water partition coefficient (Wildman–Crippen LogP) is 4.60. The van der Waals surface area contributed by atoms with E-state index in [4.69, 9.17) is 18.6 Å². The molecule has 3 fully saturated rings. The zero-order valence-electron chi connectivity index (χ0n) is 21.5. The maximum Gasteiger partial charge on any atom is 0.339 e. The van der Waals surface area contributed by atoms with Crippen molar-refractivity contribution >= 4 is 23.7 Å². The van der Waals surface area contributed by atoms with E-state index in [1.807, 2.05) is 19.9 Å². The van der Waals surface area contributed by atoms with Gasteiger partial charge in [0.05, 0.1) is 37.0 Å². The van der Waals surface area contributed by atoms with Crippen LogP contribution in [-0.4, -0.2) is 36.9 Å². The number of ether oxygens (including phenoxy) is 3. The van der Waals surface area contributed by atoms with Gasteiger partial charge in [-0.2, -0.15) is 0 Å². The van der Waals surface area contributed by atoms with Crippen LogP contribution in [0.3, 0.4) is 0 Å². The molecule has 0 bridgehead atoms. The fraction of sp³-hybridized carbons (Fsp3) is 0.517. The third kappa shape index (κ3) is 3.97. The third-order valence-corrected chi connectivity index (χ3v) is 9.12. The van der Waals surface area contributed by atoms with E-state index >= 15 is 0 Å². The Bertz CT molecular complexity index is 1230. The first kappa shape index (κ1) is 25.2. The minimum atomic E-state index is -1.13. The molecule has 2 saturated carbocycles. The van der Waals surface area contributed by atoms with Crippen LogP contribution in [0, 0.1) is 35.5 Å². The number of aryl methyl sites for hydroxylation is 1. The highest BCUT2D eigenvalue weighted by Crippen LogP contribution is 2.65. The van der Waals surface area contributed by atoms with Gasteiger partial charge in [-0.05, 0) is 54.7 Å².